The van der Waals surface area contributed by atoms with Gasteiger partial charge in [0.05, 0.1) is 16.5 Å². The monoisotopic (exact) mass is 424 g/mol. The molecule has 6 nitrogen and oxygen atoms in total. The topological polar surface area (TPSA) is 69.0 Å². The molecule has 2 aromatic carbocycles. The SMILES string of the molecule is Cn1c(COc2ccc(F)c(Cl)c2)nnc1SCC(=O)Nc1ccccc1F. The predicted molar refractivity (Wildman–Crippen MR) is 102 cm³/mol. The summed E-state index contributed by atoms with van der Waals surface area (Å²) in [5, 5.41) is 11.0. The number of benzene rings is 2. The minimum Gasteiger partial charge on any atom is -0.486 e. The van der Waals surface area contributed by atoms with Crippen molar-refractivity contribution in [3.8, 4) is 5.75 Å². The molecule has 0 unspecified atom stereocenters. The number of hydrogen-bond donors (Lipinski definition) is 1. The molecule has 1 heterocycles. The van der Waals surface area contributed by atoms with Crippen molar-refractivity contribution in [1.29, 1.82) is 0 Å². The number of nitrogens with one attached hydrogen (secondary N) is 1. The van der Waals surface area contributed by atoms with Crippen LogP contribution in [0, 0.1) is 11.6 Å². The van der Waals surface area contributed by atoms with E-state index < -0.39 is 11.6 Å². The summed E-state index contributed by atoms with van der Waals surface area (Å²) in [6, 6.07) is 9.97. The van der Waals surface area contributed by atoms with E-state index in [1.165, 1.54) is 30.3 Å². The zero-order valence-corrected chi connectivity index (χ0v) is 16.2. The molecule has 1 N–H and O–H groups in total. The number of anilines is 1. The summed E-state index contributed by atoms with van der Waals surface area (Å²) >= 11 is 6.87. The lowest BCUT2D eigenvalue weighted by atomic mass is 10.3. The Hall–Kier alpha value is -2.65. The molecule has 1 aromatic heterocycles. The molecule has 0 spiro atoms. The molecule has 0 aliphatic rings. The second-order valence-electron chi connectivity index (χ2n) is 5.64. The van der Waals surface area contributed by atoms with Crippen LogP contribution in [-0.4, -0.2) is 26.4 Å². The van der Waals surface area contributed by atoms with Crippen LogP contribution in [0.2, 0.25) is 5.02 Å². The molecule has 28 heavy (non-hydrogen) atoms. The van der Waals surface area contributed by atoms with Crippen LogP contribution in [0.25, 0.3) is 0 Å². The van der Waals surface area contributed by atoms with Gasteiger partial charge >= 0.3 is 0 Å². The smallest absolute Gasteiger partial charge is 0.234 e. The lowest BCUT2D eigenvalue weighted by molar-refractivity contribution is -0.113. The molecule has 0 aliphatic carbocycles. The largest absolute Gasteiger partial charge is 0.486 e. The van der Waals surface area contributed by atoms with E-state index in [0.717, 1.165) is 11.8 Å². The van der Waals surface area contributed by atoms with E-state index in [2.05, 4.69) is 15.5 Å². The van der Waals surface area contributed by atoms with Gasteiger partial charge in [0.25, 0.3) is 0 Å². The van der Waals surface area contributed by atoms with Gasteiger partial charge in [0.1, 0.15) is 24.0 Å². The van der Waals surface area contributed by atoms with E-state index in [1.54, 1.807) is 23.7 Å². The molecule has 0 fully saturated rings. The Kier molecular flexibility index (Phi) is 6.48. The van der Waals surface area contributed by atoms with Crippen molar-refractivity contribution in [2.75, 3.05) is 11.1 Å². The molecule has 0 saturated heterocycles. The number of para-hydroxylation sites is 1. The molecule has 0 radical (unpaired) electrons. The number of ether oxygens (including phenoxy) is 1. The lowest BCUT2D eigenvalue weighted by Crippen LogP contribution is -2.15. The van der Waals surface area contributed by atoms with Crippen LogP contribution in [0.5, 0.6) is 5.75 Å². The van der Waals surface area contributed by atoms with E-state index in [1.807, 2.05) is 0 Å². The summed E-state index contributed by atoms with van der Waals surface area (Å²) in [7, 11) is 1.73. The zero-order valence-electron chi connectivity index (χ0n) is 14.7. The molecule has 0 atom stereocenters. The van der Waals surface area contributed by atoms with Crippen molar-refractivity contribution in [3.05, 3.63) is 64.9 Å². The highest BCUT2D eigenvalue weighted by Gasteiger charge is 2.13. The number of hydrogen-bond acceptors (Lipinski definition) is 5. The van der Waals surface area contributed by atoms with Gasteiger partial charge in [-0.05, 0) is 24.3 Å². The molecular weight excluding hydrogens is 410 g/mol. The van der Waals surface area contributed by atoms with Crippen LogP contribution in [-0.2, 0) is 18.4 Å². The van der Waals surface area contributed by atoms with Crippen LogP contribution in [0.1, 0.15) is 5.82 Å². The minimum atomic E-state index is -0.528. The highest BCUT2D eigenvalue weighted by molar-refractivity contribution is 7.99. The fraction of sp³-hybridized carbons (Fsp3) is 0.167. The first-order valence-electron chi connectivity index (χ1n) is 8.07. The highest BCUT2D eigenvalue weighted by Crippen LogP contribution is 2.22. The Morgan fingerprint density at radius 1 is 1.21 bits per heavy atom. The highest BCUT2D eigenvalue weighted by atomic mass is 35.5. The van der Waals surface area contributed by atoms with Crippen molar-refractivity contribution in [1.82, 2.24) is 14.8 Å². The molecule has 0 aliphatic heterocycles. The summed E-state index contributed by atoms with van der Waals surface area (Å²) in [5.74, 6) is -0.448. The molecule has 3 rings (SSSR count). The van der Waals surface area contributed by atoms with Gasteiger partial charge in [0, 0.05) is 13.1 Å². The van der Waals surface area contributed by atoms with Crippen molar-refractivity contribution < 1.29 is 18.3 Å². The number of halogens is 3. The standard InChI is InChI=1S/C18H15ClF2N4O2S/c1-25-16(9-27-11-6-7-13(20)12(19)8-11)23-24-18(25)28-10-17(26)22-15-5-3-2-4-14(15)21/h2-8H,9-10H2,1H3,(H,22,26). The van der Waals surface area contributed by atoms with Gasteiger partial charge in [0.2, 0.25) is 5.91 Å². The number of thioether (sulfide) groups is 1. The average Bonchev–Trinajstić information content (AvgIpc) is 3.03. The first-order chi connectivity index (χ1) is 13.4. The number of carbonyl (C=O) groups is 1. The molecule has 3 aromatic rings. The fourth-order valence-corrected chi connectivity index (χ4v) is 3.09. The molecule has 0 bridgehead atoms. The van der Waals surface area contributed by atoms with Gasteiger partial charge in [-0.1, -0.05) is 35.5 Å². The van der Waals surface area contributed by atoms with E-state index >= 15 is 0 Å². The van der Waals surface area contributed by atoms with E-state index in [9.17, 15) is 13.6 Å². The predicted octanol–water partition coefficient (Wildman–Crippen LogP) is 4.06. The molecule has 0 saturated carbocycles. The molecular formula is C18H15ClF2N4O2S. The first-order valence-corrected chi connectivity index (χ1v) is 9.43. The van der Waals surface area contributed by atoms with Crippen LogP contribution in [0.4, 0.5) is 14.5 Å². The van der Waals surface area contributed by atoms with Crippen molar-refractivity contribution in [2.45, 2.75) is 11.8 Å². The summed E-state index contributed by atoms with van der Waals surface area (Å²) in [6.45, 7) is 0.0907. The maximum absolute atomic E-state index is 13.6. The number of amides is 1. The zero-order chi connectivity index (χ0) is 20.1. The number of rotatable bonds is 7. The van der Waals surface area contributed by atoms with Gasteiger partial charge in [-0.3, -0.25) is 4.79 Å². The van der Waals surface area contributed by atoms with E-state index in [0.29, 0.717) is 16.7 Å². The van der Waals surface area contributed by atoms with Crippen LogP contribution in [0.15, 0.2) is 47.6 Å². The van der Waals surface area contributed by atoms with Crippen molar-refractivity contribution in [3.63, 3.8) is 0 Å². The van der Waals surface area contributed by atoms with E-state index in [-0.39, 0.29) is 29.0 Å². The van der Waals surface area contributed by atoms with Crippen LogP contribution >= 0.6 is 23.4 Å². The third kappa shape index (κ3) is 4.99. The van der Waals surface area contributed by atoms with Crippen molar-refractivity contribution in [2.24, 2.45) is 7.05 Å². The average molecular weight is 425 g/mol. The van der Waals surface area contributed by atoms with Gasteiger partial charge < -0.3 is 14.6 Å². The normalized spacial score (nSPS) is 10.7. The third-order valence-electron chi connectivity index (χ3n) is 3.66. The second kappa shape index (κ2) is 9.03. The molecule has 1 amide bonds. The maximum Gasteiger partial charge on any atom is 0.234 e. The van der Waals surface area contributed by atoms with Gasteiger partial charge in [-0.15, -0.1) is 10.2 Å². The fourth-order valence-electron chi connectivity index (χ4n) is 2.19. The van der Waals surface area contributed by atoms with Gasteiger partial charge in [0.15, 0.2) is 11.0 Å². The summed E-state index contributed by atoms with van der Waals surface area (Å²) in [4.78, 5) is 12.0. The Balaban J connectivity index is 1.54. The molecule has 146 valence electrons. The number of nitrogens with zero attached hydrogens (tertiary/aromatic N) is 3. The summed E-state index contributed by atoms with van der Waals surface area (Å²) in [6.07, 6.45) is 0. The van der Waals surface area contributed by atoms with Gasteiger partial charge in [-0.2, -0.15) is 0 Å². The maximum atomic E-state index is 13.6. The van der Waals surface area contributed by atoms with Crippen molar-refractivity contribution >= 4 is 35.0 Å². The Morgan fingerprint density at radius 3 is 2.75 bits per heavy atom. The summed E-state index contributed by atoms with van der Waals surface area (Å²) in [5.41, 5.74) is 0.123. The van der Waals surface area contributed by atoms with Crippen LogP contribution in [0.3, 0.4) is 0 Å². The number of carbonyl (C=O) groups excluding carboxylic acids is 1. The minimum absolute atomic E-state index is 0.0347. The Morgan fingerprint density at radius 2 is 2.00 bits per heavy atom. The Labute approximate surface area is 168 Å². The third-order valence-corrected chi connectivity index (χ3v) is 4.97. The van der Waals surface area contributed by atoms with E-state index in [4.69, 9.17) is 16.3 Å². The van der Waals surface area contributed by atoms with Gasteiger partial charge in [-0.25, -0.2) is 8.78 Å². The molecule has 10 heteroatoms. The van der Waals surface area contributed by atoms with Crippen LogP contribution < -0.4 is 10.1 Å². The Bertz CT molecular complexity index is 999. The number of aromatic nitrogens is 3. The summed E-state index contributed by atoms with van der Waals surface area (Å²) < 4.78 is 33.9. The quantitative estimate of drug-likeness (QED) is 0.579. The second-order valence-corrected chi connectivity index (χ2v) is 6.99. The first kappa shape index (κ1) is 20.1. The lowest BCUT2D eigenvalue weighted by Gasteiger charge is -2.08.